The summed E-state index contributed by atoms with van der Waals surface area (Å²) < 4.78 is 11.3. The van der Waals surface area contributed by atoms with Gasteiger partial charge in [0.1, 0.15) is 0 Å². The summed E-state index contributed by atoms with van der Waals surface area (Å²) in [6.45, 7) is 3.67. The molecule has 0 radical (unpaired) electrons. The SMILES string of the molecule is COCC1CC(OCc2ccccc2)CN(C)C1. The van der Waals surface area contributed by atoms with Gasteiger partial charge in [0.25, 0.3) is 0 Å². The maximum Gasteiger partial charge on any atom is 0.0721 e. The number of hydrogen-bond donors (Lipinski definition) is 0. The Morgan fingerprint density at radius 1 is 1.22 bits per heavy atom. The van der Waals surface area contributed by atoms with Crippen LogP contribution < -0.4 is 0 Å². The van der Waals surface area contributed by atoms with E-state index in [2.05, 4.69) is 36.2 Å². The molecule has 18 heavy (non-hydrogen) atoms. The number of rotatable bonds is 5. The molecule has 1 fully saturated rings. The first-order valence-electron chi connectivity index (χ1n) is 6.61. The molecule has 2 atom stereocenters. The second kappa shape index (κ2) is 6.88. The van der Waals surface area contributed by atoms with Gasteiger partial charge in [-0.2, -0.15) is 0 Å². The van der Waals surface area contributed by atoms with Crippen LogP contribution in [0.25, 0.3) is 0 Å². The lowest BCUT2D eigenvalue weighted by Gasteiger charge is -2.35. The number of likely N-dealkylation sites (N-methyl/N-ethyl adjacent to an activating group) is 1. The average Bonchev–Trinajstić information content (AvgIpc) is 2.37. The van der Waals surface area contributed by atoms with Crippen molar-refractivity contribution < 1.29 is 9.47 Å². The van der Waals surface area contributed by atoms with Crippen molar-refractivity contribution in [3.8, 4) is 0 Å². The summed E-state index contributed by atoms with van der Waals surface area (Å²) in [6.07, 6.45) is 1.43. The molecule has 1 saturated heterocycles. The van der Waals surface area contributed by atoms with Crippen molar-refractivity contribution in [2.75, 3.05) is 33.9 Å². The molecule has 0 bridgehead atoms. The smallest absolute Gasteiger partial charge is 0.0721 e. The third-order valence-corrected chi connectivity index (χ3v) is 3.41. The second-order valence-electron chi connectivity index (χ2n) is 5.20. The molecule has 0 saturated carbocycles. The van der Waals surface area contributed by atoms with E-state index < -0.39 is 0 Å². The zero-order valence-electron chi connectivity index (χ0n) is 11.3. The van der Waals surface area contributed by atoms with Gasteiger partial charge in [0, 0.05) is 20.2 Å². The van der Waals surface area contributed by atoms with E-state index >= 15 is 0 Å². The van der Waals surface area contributed by atoms with Gasteiger partial charge in [-0.15, -0.1) is 0 Å². The predicted octanol–water partition coefficient (Wildman–Crippen LogP) is 2.17. The van der Waals surface area contributed by atoms with Crippen LogP contribution in [0.3, 0.4) is 0 Å². The molecule has 1 aliphatic rings. The summed E-state index contributed by atoms with van der Waals surface area (Å²) in [4.78, 5) is 2.34. The second-order valence-corrected chi connectivity index (χ2v) is 5.20. The molecule has 0 spiro atoms. The standard InChI is InChI=1S/C15H23NO2/c1-16-9-14(11-17-2)8-15(10-16)18-12-13-6-4-3-5-7-13/h3-7,14-15H,8-12H2,1-2H3. The maximum absolute atomic E-state index is 6.02. The number of piperidine rings is 1. The minimum atomic E-state index is 0.323. The highest BCUT2D eigenvalue weighted by molar-refractivity contribution is 5.13. The summed E-state index contributed by atoms with van der Waals surface area (Å²) in [5, 5.41) is 0. The fraction of sp³-hybridized carbons (Fsp3) is 0.600. The Labute approximate surface area is 110 Å². The molecule has 1 aliphatic heterocycles. The van der Waals surface area contributed by atoms with Gasteiger partial charge in [0.2, 0.25) is 0 Å². The van der Waals surface area contributed by atoms with Gasteiger partial charge in [-0.1, -0.05) is 30.3 Å². The highest BCUT2D eigenvalue weighted by atomic mass is 16.5. The third kappa shape index (κ3) is 4.09. The summed E-state index contributed by atoms with van der Waals surface area (Å²) in [5.41, 5.74) is 1.24. The van der Waals surface area contributed by atoms with Crippen LogP contribution >= 0.6 is 0 Å². The van der Waals surface area contributed by atoms with Crippen LogP contribution in [0.15, 0.2) is 30.3 Å². The minimum Gasteiger partial charge on any atom is -0.384 e. The molecule has 3 nitrogen and oxygen atoms in total. The lowest BCUT2D eigenvalue weighted by molar-refractivity contribution is -0.0342. The van der Waals surface area contributed by atoms with E-state index in [9.17, 15) is 0 Å². The van der Waals surface area contributed by atoms with Crippen LogP contribution in [0.2, 0.25) is 0 Å². The monoisotopic (exact) mass is 249 g/mol. The maximum atomic E-state index is 6.02. The highest BCUT2D eigenvalue weighted by Gasteiger charge is 2.25. The molecule has 0 aromatic heterocycles. The van der Waals surface area contributed by atoms with E-state index in [0.717, 1.165) is 26.1 Å². The Kier molecular flexibility index (Phi) is 5.17. The zero-order valence-corrected chi connectivity index (χ0v) is 11.3. The van der Waals surface area contributed by atoms with Gasteiger partial charge in [-0.25, -0.2) is 0 Å². The Bertz CT molecular complexity index is 342. The fourth-order valence-electron chi connectivity index (χ4n) is 2.65. The number of likely N-dealkylation sites (tertiary alicyclic amines) is 1. The Hall–Kier alpha value is -0.900. The van der Waals surface area contributed by atoms with Crippen LogP contribution in [-0.4, -0.2) is 44.9 Å². The first kappa shape index (κ1) is 13.5. The zero-order chi connectivity index (χ0) is 12.8. The van der Waals surface area contributed by atoms with Crippen molar-refractivity contribution in [2.24, 2.45) is 5.92 Å². The first-order chi connectivity index (χ1) is 8.78. The molecular weight excluding hydrogens is 226 g/mol. The van der Waals surface area contributed by atoms with E-state index in [0.29, 0.717) is 18.6 Å². The topological polar surface area (TPSA) is 21.7 Å². The van der Waals surface area contributed by atoms with E-state index in [-0.39, 0.29) is 0 Å². The molecule has 2 unspecified atom stereocenters. The number of nitrogens with zero attached hydrogens (tertiary/aromatic N) is 1. The Balaban J connectivity index is 1.81. The van der Waals surface area contributed by atoms with Gasteiger partial charge in [0.05, 0.1) is 19.3 Å². The van der Waals surface area contributed by atoms with Gasteiger partial charge in [0.15, 0.2) is 0 Å². The molecule has 100 valence electrons. The third-order valence-electron chi connectivity index (χ3n) is 3.41. The summed E-state index contributed by atoms with van der Waals surface area (Å²) in [7, 11) is 3.93. The minimum absolute atomic E-state index is 0.323. The number of benzene rings is 1. The van der Waals surface area contributed by atoms with Crippen LogP contribution in [-0.2, 0) is 16.1 Å². The Morgan fingerprint density at radius 2 is 2.00 bits per heavy atom. The largest absolute Gasteiger partial charge is 0.384 e. The van der Waals surface area contributed by atoms with Crippen molar-refractivity contribution in [1.29, 1.82) is 0 Å². The molecule has 1 aromatic carbocycles. The highest BCUT2D eigenvalue weighted by Crippen LogP contribution is 2.19. The van der Waals surface area contributed by atoms with Gasteiger partial charge in [-0.3, -0.25) is 0 Å². The predicted molar refractivity (Wildman–Crippen MR) is 72.5 cm³/mol. The van der Waals surface area contributed by atoms with Crippen molar-refractivity contribution in [1.82, 2.24) is 4.90 Å². The molecule has 0 amide bonds. The van der Waals surface area contributed by atoms with Gasteiger partial charge >= 0.3 is 0 Å². The summed E-state index contributed by atoms with van der Waals surface area (Å²) in [6, 6.07) is 10.4. The number of hydrogen-bond acceptors (Lipinski definition) is 3. The molecule has 3 heteroatoms. The molecule has 0 N–H and O–H groups in total. The van der Waals surface area contributed by atoms with Crippen molar-refractivity contribution in [3.05, 3.63) is 35.9 Å². The first-order valence-corrected chi connectivity index (χ1v) is 6.61. The number of methoxy groups -OCH3 is 1. The fourth-order valence-corrected chi connectivity index (χ4v) is 2.65. The lowest BCUT2D eigenvalue weighted by Crippen LogP contribution is -2.43. The van der Waals surface area contributed by atoms with Crippen molar-refractivity contribution in [2.45, 2.75) is 19.1 Å². The summed E-state index contributed by atoms with van der Waals surface area (Å²) in [5.74, 6) is 0.592. The normalized spacial score (nSPS) is 25.2. The van der Waals surface area contributed by atoms with Crippen LogP contribution in [0, 0.1) is 5.92 Å². The van der Waals surface area contributed by atoms with Crippen molar-refractivity contribution in [3.63, 3.8) is 0 Å². The van der Waals surface area contributed by atoms with E-state index in [1.54, 1.807) is 7.11 Å². The lowest BCUT2D eigenvalue weighted by atomic mass is 9.97. The number of ether oxygens (including phenoxy) is 2. The summed E-state index contributed by atoms with van der Waals surface area (Å²) >= 11 is 0. The van der Waals surface area contributed by atoms with Gasteiger partial charge in [-0.05, 0) is 24.9 Å². The van der Waals surface area contributed by atoms with Crippen molar-refractivity contribution >= 4 is 0 Å². The van der Waals surface area contributed by atoms with E-state index in [4.69, 9.17) is 9.47 Å². The molecule has 2 rings (SSSR count). The van der Waals surface area contributed by atoms with Crippen LogP contribution in [0.5, 0.6) is 0 Å². The Morgan fingerprint density at radius 3 is 2.72 bits per heavy atom. The molecule has 1 heterocycles. The molecule has 0 aliphatic carbocycles. The molecule has 1 aromatic rings. The van der Waals surface area contributed by atoms with Crippen LogP contribution in [0.4, 0.5) is 0 Å². The molecular formula is C15H23NO2. The van der Waals surface area contributed by atoms with E-state index in [1.165, 1.54) is 5.56 Å². The van der Waals surface area contributed by atoms with E-state index in [1.807, 2.05) is 6.07 Å². The van der Waals surface area contributed by atoms with Crippen LogP contribution in [0.1, 0.15) is 12.0 Å². The quantitative estimate of drug-likeness (QED) is 0.798. The average molecular weight is 249 g/mol. The van der Waals surface area contributed by atoms with Gasteiger partial charge < -0.3 is 14.4 Å².